The number of aryl methyl sites for hydroxylation is 1. The van der Waals surface area contributed by atoms with Gasteiger partial charge in [-0.1, -0.05) is 31.0 Å². The molecule has 0 aliphatic carbocycles. The highest BCUT2D eigenvalue weighted by molar-refractivity contribution is 6.27. The average Bonchev–Trinajstić information content (AvgIpc) is 2.36. The molecular weight excluding hydrogens is 244 g/mol. The second-order valence-corrected chi connectivity index (χ2v) is 4.64. The normalized spacial score (nSPS) is 19.6. The molecule has 1 aromatic rings. The van der Waals surface area contributed by atoms with Gasteiger partial charge in [-0.15, -0.1) is 0 Å². The van der Waals surface area contributed by atoms with Crippen molar-refractivity contribution in [2.45, 2.75) is 26.7 Å². The molecule has 1 aliphatic rings. The fourth-order valence-electron chi connectivity index (χ4n) is 2.10. The van der Waals surface area contributed by atoms with Crippen molar-refractivity contribution in [3.05, 3.63) is 29.8 Å². The third kappa shape index (κ3) is 2.50. The number of nitrogens with zero attached hydrogens (tertiary/aromatic N) is 1. The molecule has 1 aliphatic heterocycles. The van der Waals surface area contributed by atoms with Crippen LogP contribution in [0.4, 0.5) is 10.5 Å². The number of barbiturate groups is 1. The van der Waals surface area contributed by atoms with Gasteiger partial charge in [0, 0.05) is 0 Å². The Labute approximate surface area is 111 Å². The van der Waals surface area contributed by atoms with E-state index >= 15 is 0 Å². The number of rotatable bonds is 3. The molecule has 4 amide bonds. The van der Waals surface area contributed by atoms with Crippen molar-refractivity contribution in [3.8, 4) is 0 Å². The van der Waals surface area contributed by atoms with Crippen LogP contribution in [0.5, 0.6) is 0 Å². The van der Waals surface area contributed by atoms with Crippen LogP contribution in [0.15, 0.2) is 24.3 Å². The van der Waals surface area contributed by atoms with E-state index in [-0.39, 0.29) is 0 Å². The molecule has 2 rings (SSSR count). The minimum absolute atomic E-state index is 0.445. The predicted molar refractivity (Wildman–Crippen MR) is 70.6 cm³/mol. The second-order valence-electron chi connectivity index (χ2n) is 4.64. The van der Waals surface area contributed by atoms with Crippen LogP contribution in [0.2, 0.25) is 0 Å². The molecule has 1 N–H and O–H groups in total. The number of anilines is 1. The summed E-state index contributed by atoms with van der Waals surface area (Å²) in [7, 11) is 0. The maximum Gasteiger partial charge on any atom is 0.335 e. The Morgan fingerprint density at radius 3 is 2.37 bits per heavy atom. The number of carbonyl (C=O) groups excluding carboxylic acids is 3. The summed E-state index contributed by atoms with van der Waals surface area (Å²) in [4.78, 5) is 36.8. The number of hydrogen-bond donors (Lipinski definition) is 1. The number of amides is 4. The van der Waals surface area contributed by atoms with E-state index in [0.29, 0.717) is 18.5 Å². The lowest BCUT2D eigenvalue weighted by atomic mass is 9.99. The smallest absolute Gasteiger partial charge is 0.277 e. The largest absolute Gasteiger partial charge is 0.335 e. The fraction of sp³-hybridized carbons (Fsp3) is 0.357. The molecular formula is C14H16N2O3. The minimum atomic E-state index is -0.774. The zero-order valence-electron chi connectivity index (χ0n) is 11.0. The Balaban J connectivity index is 2.33. The summed E-state index contributed by atoms with van der Waals surface area (Å²) in [5, 5.41) is 2.24. The Morgan fingerprint density at radius 2 is 1.79 bits per heavy atom. The van der Waals surface area contributed by atoms with Crippen LogP contribution in [0.1, 0.15) is 25.3 Å². The van der Waals surface area contributed by atoms with Crippen molar-refractivity contribution >= 4 is 23.5 Å². The number of urea groups is 1. The molecule has 0 saturated carbocycles. The van der Waals surface area contributed by atoms with Gasteiger partial charge in [0.05, 0.1) is 5.69 Å². The number of imide groups is 2. The predicted octanol–water partition coefficient (Wildman–Crippen LogP) is 1.99. The Kier molecular flexibility index (Phi) is 3.64. The highest BCUT2D eigenvalue weighted by atomic mass is 16.2. The van der Waals surface area contributed by atoms with Gasteiger partial charge < -0.3 is 0 Å². The molecule has 1 unspecified atom stereocenters. The summed E-state index contributed by atoms with van der Waals surface area (Å²) in [6.45, 7) is 3.82. The zero-order chi connectivity index (χ0) is 14.0. The minimum Gasteiger partial charge on any atom is -0.277 e. The van der Waals surface area contributed by atoms with E-state index in [1.165, 1.54) is 0 Å². The first-order chi connectivity index (χ1) is 9.04. The first-order valence-electron chi connectivity index (χ1n) is 6.30. The number of nitrogens with one attached hydrogen (secondary N) is 1. The molecule has 5 nitrogen and oxygen atoms in total. The van der Waals surface area contributed by atoms with Crippen molar-refractivity contribution in [2.75, 3.05) is 4.90 Å². The van der Waals surface area contributed by atoms with E-state index in [9.17, 15) is 14.4 Å². The summed E-state index contributed by atoms with van der Waals surface area (Å²) in [5.41, 5.74) is 1.52. The van der Waals surface area contributed by atoms with Crippen LogP contribution < -0.4 is 10.2 Å². The lowest BCUT2D eigenvalue weighted by Gasteiger charge is -2.30. The molecule has 1 atom stereocenters. The fourth-order valence-corrected chi connectivity index (χ4v) is 2.10. The van der Waals surface area contributed by atoms with Gasteiger partial charge in [-0.25, -0.2) is 9.69 Å². The molecule has 1 heterocycles. The van der Waals surface area contributed by atoms with E-state index < -0.39 is 23.8 Å². The lowest BCUT2D eigenvalue weighted by Crippen LogP contribution is -2.58. The molecule has 100 valence electrons. The molecule has 0 radical (unpaired) electrons. The third-order valence-corrected chi connectivity index (χ3v) is 3.14. The highest BCUT2D eigenvalue weighted by Gasteiger charge is 2.40. The Bertz CT molecular complexity index is 522. The SMILES string of the molecule is CCCC1C(=O)NC(=O)N(c2ccc(C)cc2)C1=O. The standard InChI is InChI=1S/C14H16N2O3/c1-3-4-11-12(17)15-14(19)16(13(11)18)10-7-5-9(2)6-8-10/h5-8,11H,3-4H2,1-2H3,(H,15,17,19). The number of benzene rings is 1. The summed E-state index contributed by atoms with van der Waals surface area (Å²) < 4.78 is 0. The molecule has 0 spiro atoms. The van der Waals surface area contributed by atoms with E-state index in [0.717, 1.165) is 10.5 Å². The first-order valence-corrected chi connectivity index (χ1v) is 6.30. The van der Waals surface area contributed by atoms with Gasteiger partial charge in [-0.2, -0.15) is 0 Å². The average molecular weight is 260 g/mol. The van der Waals surface area contributed by atoms with E-state index in [1.54, 1.807) is 12.1 Å². The van der Waals surface area contributed by atoms with Crippen molar-refractivity contribution in [1.29, 1.82) is 0 Å². The van der Waals surface area contributed by atoms with Gasteiger partial charge in [-0.3, -0.25) is 14.9 Å². The van der Waals surface area contributed by atoms with Crippen LogP contribution in [0.25, 0.3) is 0 Å². The lowest BCUT2D eigenvalue weighted by molar-refractivity contribution is -0.134. The first kappa shape index (κ1) is 13.3. The van der Waals surface area contributed by atoms with Crippen LogP contribution in [-0.2, 0) is 9.59 Å². The van der Waals surface area contributed by atoms with Gasteiger partial charge >= 0.3 is 6.03 Å². The Hall–Kier alpha value is -2.17. The summed E-state index contributed by atoms with van der Waals surface area (Å²) in [6.07, 6.45) is 1.15. The van der Waals surface area contributed by atoms with E-state index in [2.05, 4.69) is 5.32 Å². The second kappa shape index (κ2) is 5.22. The van der Waals surface area contributed by atoms with Crippen LogP contribution in [0, 0.1) is 12.8 Å². The van der Waals surface area contributed by atoms with Crippen LogP contribution in [0.3, 0.4) is 0 Å². The molecule has 1 aromatic carbocycles. The maximum atomic E-state index is 12.3. The quantitative estimate of drug-likeness (QED) is 0.845. The topological polar surface area (TPSA) is 66.5 Å². The van der Waals surface area contributed by atoms with Crippen molar-refractivity contribution < 1.29 is 14.4 Å². The van der Waals surface area contributed by atoms with Gasteiger partial charge in [0.2, 0.25) is 11.8 Å². The molecule has 19 heavy (non-hydrogen) atoms. The summed E-state index contributed by atoms with van der Waals surface area (Å²) in [6, 6.07) is 6.37. The maximum absolute atomic E-state index is 12.3. The molecule has 1 saturated heterocycles. The van der Waals surface area contributed by atoms with Crippen molar-refractivity contribution in [1.82, 2.24) is 5.32 Å². The number of hydrogen-bond acceptors (Lipinski definition) is 3. The van der Waals surface area contributed by atoms with Crippen molar-refractivity contribution in [3.63, 3.8) is 0 Å². The molecule has 0 aromatic heterocycles. The number of carbonyl (C=O) groups is 3. The third-order valence-electron chi connectivity index (χ3n) is 3.14. The molecule has 5 heteroatoms. The van der Waals surface area contributed by atoms with E-state index in [1.807, 2.05) is 26.0 Å². The molecule has 0 bridgehead atoms. The highest BCUT2D eigenvalue weighted by Crippen LogP contribution is 2.23. The van der Waals surface area contributed by atoms with Crippen LogP contribution in [-0.4, -0.2) is 17.8 Å². The molecule has 1 fully saturated rings. The van der Waals surface area contributed by atoms with Crippen molar-refractivity contribution in [2.24, 2.45) is 5.92 Å². The van der Waals surface area contributed by atoms with Gasteiger partial charge in [0.15, 0.2) is 0 Å². The van der Waals surface area contributed by atoms with Gasteiger partial charge in [0.1, 0.15) is 5.92 Å². The monoisotopic (exact) mass is 260 g/mol. The zero-order valence-corrected chi connectivity index (χ0v) is 11.0. The Morgan fingerprint density at radius 1 is 1.16 bits per heavy atom. The van der Waals surface area contributed by atoms with E-state index in [4.69, 9.17) is 0 Å². The summed E-state index contributed by atoms with van der Waals surface area (Å²) >= 11 is 0. The summed E-state index contributed by atoms with van der Waals surface area (Å²) in [5.74, 6) is -1.72. The van der Waals surface area contributed by atoms with Gasteiger partial charge in [0.25, 0.3) is 0 Å². The van der Waals surface area contributed by atoms with Gasteiger partial charge in [-0.05, 0) is 25.5 Å². The van der Waals surface area contributed by atoms with Crippen LogP contribution >= 0.6 is 0 Å².